The molecule has 1 aliphatic heterocycles. The van der Waals surface area contributed by atoms with E-state index in [-0.39, 0.29) is 6.09 Å². The van der Waals surface area contributed by atoms with Crippen LogP contribution in [0, 0.1) is 0 Å². The molecule has 1 N–H and O–H groups in total. The number of unbranched alkanes of at least 4 members (excludes halogenated alkanes) is 1. The van der Waals surface area contributed by atoms with E-state index in [9.17, 15) is 4.79 Å². The molecule has 1 saturated heterocycles. The molecule has 1 aromatic rings. The maximum Gasteiger partial charge on any atom is 0.409 e. The topological polar surface area (TPSA) is 41.6 Å². The van der Waals surface area contributed by atoms with Gasteiger partial charge in [-0.2, -0.15) is 0 Å². The summed E-state index contributed by atoms with van der Waals surface area (Å²) < 4.78 is 5.33. The van der Waals surface area contributed by atoms with Crippen LogP contribution in [0.4, 0.5) is 4.79 Å². The van der Waals surface area contributed by atoms with Gasteiger partial charge in [-0.1, -0.05) is 30.3 Å². The summed E-state index contributed by atoms with van der Waals surface area (Å²) in [5.41, 5.74) is 1.34. The lowest BCUT2D eigenvalue weighted by Gasteiger charge is -2.19. The standard InChI is InChI=1S/C16H24N2O2/c19-16(18-12-6-10-17-11-13-18)20-14-5-4-9-15-7-2-1-3-8-15/h1-3,7-8,17H,4-6,9-14H2. The highest BCUT2D eigenvalue weighted by atomic mass is 16.6. The molecule has 4 heteroatoms. The molecule has 0 aromatic heterocycles. The molecule has 0 saturated carbocycles. The second kappa shape index (κ2) is 8.59. The number of rotatable bonds is 5. The van der Waals surface area contributed by atoms with Crippen LogP contribution in [0.25, 0.3) is 0 Å². The van der Waals surface area contributed by atoms with Gasteiger partial charge < -0.3 is 15.0 Å². The zero-order valence-corrected chi connectivity index (χ0v) is 12.0. The second-order valence-corrected chi connectivity index (χ2v) is 5.15. The molecule has 1 fully saturated rings. The maximum absolute atomic E-state index is 11.9. The van der Waals surface area contributed by atoms with E-state index in [1.54, 1.807) is 4.90 Å². The Morgan fingerprint density at radius 1 is 1.15 bits per heavy atom. The highest BCUT2D eigenvalue weighted by Crippen LogP contribution is 2.05. The van der Waals surface area contributed by atoms with Crippen LogP contribution in [0.5, 0.6) is 0 Å². The molecule has 2 rings (SSSR count). The molecule has 0 radical (unpaired) electrons. The molecule has 0 aliphatic carbocycles. The van der Waals surface area contributed by atoms with Crippen molar-refractivity contribution in [3.8, 4) is 0 Å². The van der Waals surface area contributed by atoms with Gasteiger partial charge in [-0.05, 0) is 37.8 Å². The van der Waals surface area contributed by atoms with E-state index in [4.69, 9.17) is 4.74 Å². The van der Waals surface area contributed by atoms with Crippen molar-refractivity contribution in [1.29, 1.82) is 0 Å². The summed E-state index contributed by atoms with van der Waals surface area (Å²) in [6.45, 7) is 3.93. The molecule has 1 aromatic carbocycles. The van der Waals surface area contributed by atoms with Gasteiger partial charge in [0.05, 0.1) is 6.61 Å². The average molecular weight is 276 g/mol. The first-order valence-electron chi connectivity index (χ1n) is 7.52. The van der Waals surface area contributed by atoms with Crippen molar-refractivity contribution in [2.24, 2.45) is 0 Å². The molecule has 0 unspecified atom stereocenters. The fourth-order valence-corrected chi connectivity index (χ4v) is 2.35. The van der Waals surface area contributed by atoms with Crippen LogP contribution < -0.4 is 5.32 Å². The molecule has 110 valence electrons. The Morgan fingerprint density at radius 2 is 2.00 bits per heavy atom. The number of amides is 1. The van der Waals surface area contributed by atoms with Crippen molar-refractivity contribution in [2.45, 2.75) is 25.7 Å². The summed E-state index contributed by atoms with van der Waals surface area (Å²) in [6, 6.07) is 10.4. The van der Waals surface area contributed by atoms with E-state index in [2.05, 4.69) is 29.6 Å². The van der Waals surface area contributed by atoms with Crippen molar-refractivity contribution in [3.63, 3.8) is 0 Å². The van der Waals surface area contributed by atoms with Crippen LogP contribution in [0.3, 0.4) is 0 Å². The predicted molar refractivity (Wildman–Crippen MR) is 79.8 cm³/mol. The first-order chi connectivity index (χ1) is 9.86. The van der Waals surface area contributed by atoms with Gasteiger partial charge in [0.1, 0.15) is 0 Å². The third-order valence-electron chi connectivity index (χ3n) is 3.53. The number of aryl methyl sites for hydroxylation is 1. The van der Waals surface area contributed by atoms with Crippen molar-refractivity contribution >= 4 is 6.09 Å². The van der Waals surface area contributed by atoms with Crippen LogP contribution in [-0.4, -0.2) is 43.8 Å². The lowest BCUT2D eigenvalue weighted by Crippen LogP contribution is -2.34. The number of nitrogens with zero attached hydrogens (tertiary/aromatic N) is 1. The van der Waals surface area contributed by atoms with Gasteiger partial charge >= 0.3 is 6.09 Å². The summed E-state index contributed by atoms with van der Waals surface area (Å²) in [4.78, 5) is 13.7. The van der Waals surface area contributed by atoms with Crippen LogP contribution in [0.15, 0.2) is 30.3 Å². The lowest BCUT2D eigenvalue weighted by molar-refractivity contribution is 0.103. The number of benzene rings is 1. The van der Waals surface area contributed by atoms with Crippen molar-refractivity contribution < 1.29 is 9.53 Å². The lowest BCUT2D eigenvalue weighted by atomic mass is 10.1. The first kappa shape index (κ1) is 14.9. The zero-order chi connectivity index (χ0) is 14.0. The van der Waals surface area contributed by atoms with E-state index in [1.165, 1.54) is 5.56 Å². The smallest absolute Gasteiger partial charge is 0.409 e. The average Bonchev–Trinajstić information content (AvgIpc) is 2.77. The summed E-state index contributed by atoms with van der Waals surface area (Å²) >= 11 is 0. The van der Waals surface area contributed by atoms with E-state index in [0.29, 0.717) is 6.61 Å². The number of hydrogen-bond acceptors (Lipinski definition) is 3. The number of carbonyl (C=O) groups is 1. The van der Waals surface area contributed by atoms with Crippen LogP contribution in [0.2, 0.25) is 0 Å². The van der Waals surface area contributed by atoms with E-state index in [0.717, 1.165) is 51.9 Å². The Balaban J connectivity index is 1.57. The Hall–Kier alpha value is -1.55. The van der Waals surface area contributed by atoms with Gasteiger partial charge in [-0.25, -0.2) is 4.79 Å². The Morgan fingerprint density at radius 3 is 2.85 bits per heavy atom. The van der Waals surface area contributed by atoms with Crippen LogP contribution in [-0.2, 0) is 11.2 Å². The normalized spacial score (nSPS) is 15.7. The molecule has 1 aliphatic rings. The molecule has 0 spiro atoms. The fourth-order valence-electron chi connectivity index (χ4n) is 2.35. The summed E-state index contributed by atoms with van der Waals surface area (Å²) in [6.07, 6.45) is 3.87. The Kier molecular flexibility index (Phi) is 6.38. The highest BCUT2D eigenvalue weighted by Gasteiger charge is 2.15. The number of nitrogens with one attached hydrogen (secondary N) is 1. The maximum atomic E-state index is 11.9. The minimum Gasteiger partial charge on any atom is -0.449 e. The predicted octanol–water partition coefficient (Wildman–Crippen LogP) is 2.44. The molecular weight excluding hydrogens is 252 g/mol. The van der Waals surface area contributed by atoms with Gasteiger partial charge in [0, 0.05) is 19.6 Å². The third-order valence-corrected chi connectivity index (χ3v) is 3.53. The fraction of sp³-hybridized carbons (Fsp3) is 0.562. The molecule has 1 heterocycles. The third kappa shape index (κ3) is 5.21. The molecule has 1 amide bonds. The van der Waals surface area contributed by atoms with Crippen LogP contribution in [0.1, 0.15) is 24.8 Å². The quantitative estimate of drug-likeness (QED) is 0.840. The number of hydrogen-bond donors (Lipinski definition) is 1. The van der Waals surface area contributed by atoms with Gasteiger partial charge in [0.25, 0.3) is 0 Å². The molecular formula is C16H24N2O2. The van der Waals surface area contributed by atoms with E-state index in [1.807, 2.05) is 6.07 Å². The van der Waals surface area contributed by atoms with Gasteiger partial charge in [0.2, 0.25) is 0 Å². The van der Waals surface area contributed by atoms with E-state index < -0.39 is 0 Å². The minimum absolute atomic E-state index is 0.159. The molecule has 0 bridgehead atoms. The van der Waals surface area contributed by atoms with Gasteiger partial charge in [-0.3, -0.25) is 0 Å². The summed E-state index contributed by atoms with van der Waals surface area (Å²) in [5.74, 6) is 0. The van der Waals surface area contributed by atoms with Crippen LogP contribution >= 0.6 is 0 Å². The van der Waals surface area contributed by atoms with Crippen molar-refractivity contribution in [2.75, 3.05) is 32.8 Å². The van der Waals surface area contributed by atoms with Gasteiger partial charge in [-0.15, -0.1) is 0 Å². The Labute approximate surface area is 121 Å². The summed E-state index contributed by atoms with van der Waals surface area (Å²) in [5, 5.41) is 3.28. The van der Waals surface area contributed by atoms with Crippen molar-refractivity contribution in [3.05, 3.63) is 35.9 Å². The molecule has 0 atom stereocenters. The van der Waals surface area contributed by atoms with Gasteiger partial charge in [0.15, 0.2) is 0 Å². The molecule has 20 heavy (non-hydrogen) atoms. The number of carbonyl (C=O) groups excluding carboxylic acids is 1. The zero-order valence-electron chi connectivity index (χ0n) is 12.0. The largest absolute Gasteiger partial charge is 0.449 e. The van der Waals surface area contributed by atoms with E-state index >= 15 is 0 Å². The second-order valence-electron chi connectivity index (χ2n) is 5.15. The van der Waals surface area contributed by atoms with Crippen molar-refractivity contribution in [1.82, 2.24) is 10.2 Å². The number of ether oxygens (including phenoxy) is 1. The minimum atomic E-state index is -0.159. The SMILES string of the molecule is O=C(OCCCCc1ccccc1)N1CCCNCC1. The highest BCUT2D eigenvalue weighted by molar-refractivity contribution is 5.67. The molecule has 4 nitrogen and oxygen atoms in total. The Bertz CT molecular complexity index is 387. The summed E-state index contributed by atoms with van der Waals surface area (Å²) in [7, 11) is 0. The first-order valence-corrected chi connectivity index (χ1v) is 7.52. The monoisotopic (exact) mass is 276 g/mol.